The lowest BCUT2D eigenvalue weighted by Gasteiger charge is -2.36. The van der Waals surface area contributed by atoms with Gasteiger partial charge in [-0.15, -0.1) is 0 Å². The van der Waals surface area contributed by atoms with Crippen LogP contribution in [0.1, 0.15) is 35.2 Å². The van der Waals surface area contributed by atoms with Crippen LogP contribution in [0.4, 0.5) is 0 Å². The maximum atomic E-state index is 13.6. The molecule has 2 aliphatic rings. The van der Waals surface area contributed by atoms with Gasteiger partial charge in [0.2, 0.25) is 0 Å². The number of sulfone groups is 1. The Morgan fingerprint density at radius 2 is 1.94 bits per heavy atom. The van der Waals surface area contributed by atoms with Gasteiger partial charge in [-0.3, -0.25) is 4.79 Å². The van der Waals surface area contributed by atoms with Crippen LogP contribution in [0.3, 0.4) is 0 Å². The molecule has 0 radical (unpaired) electrons. The number of rotatable bonds is 9. The lowest BCUT2D eigenvalue weighted by Crippen LogP contribution is -2.54. The molecule has 2 atom stereocenters. The van der Waals surface area contributed by atoms with E-state index >= 15 is 0 Å². The average Bonchev–Trinajstić information content (AvgIpc) is 3.61. The van der Waals surface area contributed by atoms with Crippen LogP contribution in [0.2, 0.25) is 0 Å². The van der Waals surface area contributed by atoms with Crippen LogP contribution in [-0.2, 0) is 16.3 Å². The number of nitrogens with zero attached hydrogens (tertiary/aromatic N) is 1. The number of thiol groups is 1. The van der Waals surface area contributed by atoms with Crippen LogP contribution in [0.5, 0.6) is 0 Å². The van der Waals surface area contributed by atoms with Gasteiger partial charge < -0.3 is 16.0 Å². The Kier molecular flexibility index (Phi) is 7.44. The number of piperazine rings is 1. The number of hydrogen-bond donors (Lipinski definition) is 3. The first-order valence-corrected chi connectivity index (χ1v) is 13.9. The van der Waals surface area contributed by atoms with Crippen LogP contribution in [0.25, 0.3) is 10.8 Å². The molecule has 0 unspecified atom stereocenters. The zero-order valence-corrected chi connectivity index (χ0v) is 20.1. The van der Waals surface area contributed by atoms with E-state index in [-0.39, 0.29) is 23.7 Å². The summed E-state index contributed by atoms with van der Waals surface area (Å²) in [5.41, 5.74) is 7.90. The molecule has 1 aliphatic heterocycles. The fourth-order valence-corrected chi connectivity index (χ4v) is 6.54. The van der Waals surface area contributed by atoms with Crippen molar-refractivity contribution in [2.45, 2.75) is 37.8 Å². The first kappa shape index (κ1) is 23.5. The van der Waals surface area contributed by atoms with Gasteiger partial charge in [-0.2, -0.15) is 12.6 Å². The topological polar surface area (TPSA) is 92.5 Å². The molecule has 1 saturated carbocycles. The molecule has 2 fully saturated rings. The highest BCUT2D eigenvalue weighted by Crippen LogP contribution is 2.31. The summed E-state index contributed by atoms with van der Waals surface area (Å²) in [6, 6.07) is 11.7. The van der Waals surface area contributed by atoms with Crippen molar-refractivity contribution in [2.75, 3.05) is 36.9 Å². The summed E-state index contributed by atoms with van der Waals surface area (Å²) in [5.74, 6) is 1.35. The zero-order valence-electron chi connectivity index (χ0n) is 18.4. The van der Waals surface area contributed by atoms with Crippen molar-refractivity contribution in [1.29, 1.82) is 0 Å². The van der Waals surface area contributed by atoms with E-state index in [0.29, 0.717) is 55.5 Å². The molecule has 8 heteroatoms. The van der Waals surface area contributed by atoms with Gasteiger partial charge in [-0.1, -0.05) is 30.3 Å². The summed E-state index contributed by atoms with van der Waals surface area (Å²) in [6.45, 7) is 1.91. The molecule has 1 aliphatic carbocycles. The van der Waals surface area contributed by atoms with Crippen LogP contribution >= 0.6 is 12.6 Å². The van der Waals surface area contributed by atoms with E-state index in [2.05, 4.69) is 17.9 Å². The summed E-state index contributed by atoms with van der Waals surface area (Å²) in [5, 5.41) is 5.28. The van der Waals surface area contributed by atoms with Gasteiger partial charge in [0.05, 0.1) is 11.5 Å². The molecule has 1 saturated heterocycles. The second-order valence-electron chi connectivity index (χ2n) is 9.17. The van der Waals surface area contributed by atoms with Gasteiger partial charge in [-0.05, 0) is 54.0 Å². The van der Waals surface area contributed by atoms with Crippen LogP contribution in [0.15, 0.2) is 36.4 Å². The van der Waals surface area contributed by atoms with E-state index < -0.39 is 9.84 Å². The normalized spacial score (nSPS) is 20.4. The summed E-state index contributed by atoms with van der Waals surface area (Å²) in [4.78, 5) is 15.5. The maximum Gasteiger partial charge on any atom is 0.254 e. The summed E-state index contributed by atoms with van der Waals surface area (Å²) < 4.78 is 24.9. The summed E-state index contributed by atoms with van der Waals surface area (Å²) >= 11 is 4.30. The first-order valence-electron chi connectivity index (χ1n) is 11.5. The Bertz CT molecular complexity index is 1070. The largest absolute Gasteiger partial charge is 0.333 e. The van der Waals surface area contributed by atoms with Crippen LogP contribution in [0, 0.1) is 5.92 Å². The number of fused-ring (bicyclic) bond motifs is 1. The fourth-order valence-electron chi connectivity index (χ4n) is 4.56. The highest BCUT2D eigenvalue weighted by molar-refractivity contribution is 7.91. The number of nitrogens with two attached hydrogens (primary N) is 1. The van der Waals surface area contributed by atoms with E-state index in [0.717, 1.165) is 29.2 Å². The molecule has 0 aromatic heterocycles. The third-order valence-electron chi connectivity index (χ3n) is 6.52. The summed E-state index contributed by atoms with van der Waals surface area (Å²) in [7, 11) is -3.07. The monoisotopic (exact) mass is 475 g/mol. The van der Waals surface area contributed by atoms with Gasteiger partial charge >= 0.3 is 0 Å². The summed E-state index contributed by atoms with van der Waals surface area (Å²) in [6.07, 6.45) is 3.22. The third kappa shape index (κ3) is 5.65. The maximum absolute atomic E-state index is 13.6. The minimum atomic E-state index is -3.07. The Labute approximate surface area is 196 Å². The van der Waals surface area contributed by atoms with E-state index in [4.69, 9.17) is 5.73 Å². The quantitative estimate of drug-likeness (QED) is 0.484. The van der Waals surface area contributed by atoms with Crippen molar-refractivity contribution in [2.24, 2.45) is 11.7 Å². The molecule has 1 amide bonds. The van der Waals surface area contributed by atoms with E-state index in [1.54, 1.807) is 0 Å². The second-order valence-corrected chi connectivity index (χ2v) is 11.8. The molecular formula is C24H33N3O3S2. The van der Waals surface area contributed by atoms with Crippen LogP contribution < -0.4 is 11.1 Å². The first-order chi connectivity index (χ1) is 15.4. The van der Waals surface area contributed by atoms with E-state index in [1.807, 2.05) is 41.3 Å². The van der Waals surface area contributed by atoms with Gasteiger partial charge in [0, 0.05) is 43.0 Å². The number of amides is 1. The van der Waals surface area contributed by atoms with Gasteiger partial charge in [0.15, 0.2) is 9.84 Å². The number of hydrogen-bond acceptors (Lipinski definition) is 6. The molecule has 0 spiro atoms. The van der Waals surface area contributed by atoms with Gasteiger partial charge in [-0.25, -0.2) is 8.42 Å². The smallest absolute Gasteiger partial charge is 0.254 e. The minimum absolute atomic E-state index is 0.0302. The standard InChI is InChI=1S/C24H33N3O3S2/c25-19(15-31)13-18-7-8-23(22-4-2-1-3-21(18)22)24(28)27-11-10-26-14-20(27)9-12-32(29,30)16-17-5-6-17/h1-4,7-8,17,19-20,26,31H,5-6,9-16,25H2/t19-,20+/m1/s1. The fraction of sp³-hybridized carbons (Fsp3) is 0.542. The van der Waals surface area contributed by atoms with Crippen molar-refractivity contribution >= 4 is 39.1 Å². The van der Waals surface area contributed by atoms with Crippen molar-refractivity contribution in [3.8, 4) is 0 Å². The van der Waals surface area contributed by atoms with Gasteiger partial charge in [0.25, 0.3) is 5.91 Å². The highest BCUT2D eigenvalue weighted by atomic mass is 32.2. The predicted molar refractivity (Wildman–Crippen MR) is 133 cm³/mol. The lowest BCUT2D eigenvalue weighted by molar-refractivity contribution is 0.0634. The molecule has 0 bridgehead atoms. The SMILES string of the molecule is N[C@@H](CS)Cc1ccc(C(=O)N2CCNC[C@@H]2CCS(=O)(=O)CC2CC2)c2ccccc12. The highest BCUT2D eigenvalue weighted by Gasteiger charge is 2.32. The minimum Gasteiger partial charge on any atom is -0.333 e. The zero-order chi connectivity index (χ0) is 22.7. The number of carbonyl (C=O) groups excluding carboxylic acids is 1. The number of carbonyl (C=O) groups is 1. The molecule has 174 valence electrons. The second kappa shape index (κ2) is 10.1. The predicted octanol–water partition coefficient (Wildman–Crippen LogP) is 2.27. The lowest BCUT2D eigenvalue weighted by atomic mass is 9.95. The molecule has 32 heavy (non-hydrogen) atoms. The molecule has 2 aromatic carbocycles. The van der Waals surface area contributed by atoms with E-state index in [1.165, 1.54) is 0 Å². The number of benzene rings is 2. The van der Waals surface area contributed by atoms with Crippen molar-refractivity contribution in [3.63, 3.8) is 0 Å². The molecule has 3 N–H and O–H groups in total. The Balaban J connectivity index is 1.55. The Morgan fingerprint density at radius 3 is 2.66 bits per heavy atom. The number of nitrogens with one attached hydrogen (secondary N) is 1. The third-order valence-corrected chi connectivity index (χ3v) is 8.83. The Hall–Kier alpha value is -1.61. The molecular weight excluding hydrogens is 442 g/mol. The molecule has 6 nitrogen and oxygen atoms in total. The van der Waals surface area contributed by atoms with Crippen molar-refractivity contribution < 1.29 is 13.2 Å². The van der Waals surface area contributed by atoms with Crippen molar-refractivity contribution in [1.82, 2.24) is 10.2 Å². The molecule has 4 rings (SSSR count). The van der Waals surface area contributed by atoms with Crippen LogP contribution in [-0.4, -0.2) is 68.2 Å². The molecule has 1 heterocycles. The van der Waals surface area contributed by atoms with E-state index in [9.17, 15) is 13.2 Å². The average molecular weight is 476 g/mol. The van der Waals surface area contributed by atoms with Crippen molar-refractivity contribution in [3.05, 3.63) is 47.5 Å². The van der Waals surface area contributed by atoms with Gasteiger partial charge in [0.1, 0.15) is 0 Å². The Morgan fingerprint density at radius 1 is 1.19 bits per heavy atom. The molecule has 2 aromatic rings.